The molecule has 1 saturated heterocycles. The molecule has 2 aromatic rings. The number of aryl methyl sites for hydroxylation is 1. The van der Waals surface area contributed by atoms with Gasteiger partial charge in [-0.05, 0) is 80.8 Å². The lowest BCUT2D eigenvalue weighted by atomic mass is 10.0. The van der Waals surface area contributed by atoms with Crippen molar-refractivity contribution in [3.8, 4) is 5.75 Å². The Morgan fingerprint density at radius 3 is 2.27 bits per heavy atom. The van der Waals surface area contributed by atoms with Gasteiger partial charge >= 0.3 is 0 Å². The summed E-state index contributed by atoms with van der Waals surface area (Å²) in [6, 6.07) is 14.7. The normalized spacial score (nSPS) is 16.3. The Hall–Kier alpha value is -2.49. The summed E-state index contributed by atoms with van der Waals surface area (Å²) in [5.74, 6) is 1.04. The third-order valence-corrected chi connectivity index (χ3v) is 5.94. The fourth-order valence-electron chi connectivity index (χ4n) is 4.00. The second kappa shape index (κ2) is 10.0. The van der Waals surface area contributed by atoms with Crippen molar-refractivity contribution in [2.75, 3.05) is 18.0 Å². The van der Waals surface area contributed by atoms with Gasteiger partial charge in [0.2, 0.25) is 0 Å². The van der Waals surface area contributed by atoms with Crippen LogP contribution in [0.5, 0.6) is 5.75 Å². The first kappa shape index (κ1) is 22.2. The van der Waals surface area contributed by atoms with E-state index in [1.807, 2.05) is 26.8 Å². The van der Waals surface area contributed by atoms with Gasteiger partial charge in [0.15, 0.2) is 6.10 Å². The number of nitrogens with zero attached hydrogens (tertiary/aromatic N) is 1. The number of hydrogen-bond acceptors (Lipinski definition) is 3. The molecule has 1 amide bonds. The lowest BCUT2D eigenvalue weighted by molar-refractivity contribution is -0.127. The van der Waals surface area contributed by atoms with Crippen molar-refractivity contribution in [1.82, 2.24) is 5.32 Å². The van der Waals surface area contributed by atoms with Gasteiger partial charge in [0.25, 0.3) is 5.91 Å². The van der Waals surface area contributed by atoms with Gasteiger partial charge < -0.3 is 15.0 Å². The van der Waals surface area contributed by atoms with Gasteiger partial charge in [0.1, 0.15) is 5.75 Å². The lowest BCUT2D eigenvalue weighted by Crippen LogP contribution is -2.38. The van der Waals surface area contributed by atoms with Gasteiger partial charge in [-0.25, -0.2) is 0 Å². The SMILES string of the molecule is Cc1ccc(C(C)C)c(O[C@@H](C)C(=O)N[C@H](C)c2ccc(N3CCCCC3)cc2)c1. The number of amides is 1. The van der Waals surface area contributed by atoms with E-state index in [-0.39, 0.29) is 11.9 Å². The van der Waals surface area contributed by atoms with E-state index in [1.165, 1.54) is 24.9 Å². The van der Waals surface area contributed by atoms with E-state index in [9.17, 15) is 4.79 Å². The van der Waals surface area contributed by atoms with Crippen LogP contribution >= 0.6 is 0 Å². The molecule has 3 rings (SSSR count). The summed E-state index contributed by atoms with van der Waals surface area (Å²) in [7, 11) is 0. The predicted octanol–water partition coefficient (Wildman–Crippen LogP) is 5.75. The highest BCUT2D eigenvalue weighted by Gasteiger charge is 2.20. The van der Waals surface area contributed by atoms with Gasteiger partial charge in [0.05, 0.1) is 6.04 Å². The smallest absolute Gasteiger partial charge is 0.261 e. The number of hydrogen-bond donors (Lipinski definition) is 1. The van der Waals surface area contributed by atoms with Crippen molar-refractivity contribution in [2.45, 2.75) is 71.9 Å². The number of ether oxygens (including phenoxy) is 1. The largest absolute Gasteiger partial charge is 0.481 e. The Morgan fingerprint density at radius 2 is 1.63 bits per heavy atom. The topological polar surface area (TPSA) is 41.6 Å². The summed E-state index contributed by atoms with van der Waals surface area (Å²) >= 11 is 0. The van der Waals surface area contributed by atoms with Crippen LogP contribution in [-0.2, 0) is 4.79 Å². The zero-order valence-electron chi connectivity index (χ0n) is 19.1. The molecule has 1 N–H and O–H groups in total. The van der Waals surface area contributed by atoms with Crippen molar-refractivity contribution >= 4 is 11.6 Å². The molecule has 162 valence electrons. The van der Waals surface area contributed by atoms with Crippen LogP contribution in [0.25, 0.3) is 0 Å². The van der Waals surface area contributed by atoms with Crippen LogP contribution in [0.2, 0.25) is 0 Å². The van der Waals surface area contributed by atoms with Crippen LogP contribution in [0.3, 0.4) is 0 Å². The standard InChI is InChI=1S/C26H36N2O2/c1-18(2)24-14-9-19(3)17-25(24)30-21(5)26(29)27-20(4)22-10-12-23(13-11-22)28-15-7-6-8-16-28/h9-14,17-18,20-21H,6-8,15-16H2,1-5H3,(H,27,29)/t20-,21+/m1/s1. The molecule has 1 fully saturated rings. The summed E-state index contributed by atoms with van der Waals surface area (Å²) < 4.78 is 6.07. The molecule has 0 bridgehead atoms. The number of nitrogens with one attached hydrogen (secondary N) is 1. The molecule has 1 heterocycles. The van der Waals surface area contributed by atoms with E-state index in [0.29, 0.717) is 5.92 Å². The van der Waals surface area contributed by atoms with Crippen LogP contribution in [-0.4, -0.2) is 25.1 Å². The van der Waals surface area contributed by atoms with E-state index in [0.717, 1.165) is 35.5 Å². The fourth-order valence-corrected chi connectivity index (χ4v) is 4.00. The first-order valence-corrected chi connectivity index (χ1v) is 11.3. The molecule has 0 unspecified atom stereocenters. The zero-order chi connectivity index (χ0) is 21.7. The van der Waals surface area contributed by atoms with Crippen molar-refractivity contribution in [3.05, 3.63) is 59.2 Å². The van der Waals surface area contributed by atoms with Crippen LogP contribution < -0.4 is 15.0 Å². The highest BCUT2D eigenvalue weighted by molar-refractivity contribution is 5.81. The first-order valence-electron chi connectivity index (χ1n) is 11.3. The Labute approximate surface area is 181 Å². The van der Waals surface area contributed by atoms with Gasteiger partial charge in [-0.3, -0.25) is 4.79 Å². The van der Waals surface area contributed by atoms with E-state index < -0.39 is 6.10 Å². The van der Waals surface area contributed by atoms with Crippen molar-refractivity contribution in [1.29, 1.82) is 0 Å². The molecular formula is C26H36N2O2. The molecular weight excluding hydrogens is 372 g/mol. The lowest BCUT2D eigenvalue weighted by Gasteiger charge is -2.29. The fraction of sp³-hybridized carbons (Fsp3) is 0.500. The van der Waals surface area contributed by atoms with Gasteiger partial charge in [-0.1, -0.05) is 38.1 Å². The minimum absolute atomic E-state index is 0.0685. The maximum absolute atomic E-state index is 12.8. The number of carbonyl (C=O) groups excluding carboxylic acids is 1. The third-order valence-electron chi connectivity index (χ3n) is 5.94. The highest BCUT2D eigenvalue weighted by Crippen LogP contribution is 2.28. The predicted molar refractivity (Wildman–Crippen MR) is 124 cm³/mol. The van der Waals surface area contributed by atoms with Gasteiger partial charge in [0, 0.05) is 18.8 Å². The Kier molecular flexibility index (Phi) is 7.41. The van der Waals surface area contributed by atoms with Crippen LogP contribution in [0.4, 0.5) is 5.69 Å². The molecule has 2 atom stereocenters. The molecule has 4 nitrogen and oxygen atoms in total. The quantitative estimate of drug-likeness (QED) is 0.634. The number of benzene rings is 2. The summed E-state index contributed by atoms with van der Waals surface area (Å²) in [4.78, 5) is 15.2. The Balaban J connectivity index is 1.60. The minimum atomic E-state index is -0.556. The highest BCUT2D eigenvalue weighted by atomic mass is 16.5. The number of piperidine rings is 1. The van der Waals surface area contributed by atoms with Crippen molar-refractivity contribution in [2.24, 2.45) is 0 Å². The third kappa shape index (κ3) is 5.56. The zero-order valence-corrected chi connectivity index (χ0v) is 19.1. The number of anilines is 1. The molecule has 0 saturated carbocycles. The molecule has 0 spiro atoms. The van der Waals surface area contributed by atoms with E-state index in [1.54, 1.807) is 0 Å². The maximum atomic E-state index is 12.8. The second-order valence-corrected chi connectivity index (χ2v) is 8.83. The molecule has 0 radical (unpaired) electrons. The van der Waals surface area contributed by atoms with Crippen LogP contribution in [0.1, 0.15) is 75.6 Å². The molecule has 30 heavy (non-hydrogen) atoms. The maximum Gasteiger partial charge on any atom is 0.261 e. The van der Waals surface area contributed by atoms with E-state index in [2.05, 4.69) is 60.5 Å². The molecule has 1 aliphatic rings. The number of rotatable bonds is 7. The monoisotopic (exact) mass is 408 g/mol. The Morgan fingerprint density at radius 1 is 0.967 bits per heavy atom. The molecule has 0 aliphatic carbocycles. The summed E-state index contributed by atoms with van der Waals surface area (Å²) in [5, 5.41) is 3.10. The van der Waals surface area contributed by atoms with Crippen LogP contribution in [0, 0.1) is 6.92 Å². The summed E-state index contributed by atoms with van der Waals surface area (Å²) in [6.45, 7) is 12.4. The molecule has 0 aromatic heterocycles. The molecule has 4 heteroatoms. The van der Waals surface area contributed by atoms with Crippen molar-refractivity contribution in [3.63, 3.8) is 0 Å². The second-order valence-electron chi connectivity index (χ2n) is 8.83. The number of carbonyl (C=O) groups is 1. The summed E-state index contributed by atoms with van der Waals surface area (Å²) in [5.41, 5.74) is 4.63. The average Bonchev–Trinajstić information content (AvgIpc) is 2.74. The average molecular weight is 409 g/mol. The Bertz CT molecular complexity index is 839. The van der Waals surface area contributed by atoms with E-state index >= 15 is 0 Å². The van der Waals surface area contributed by atoms with Crippen LogP contribution in [0.15, 0.2) is 42.5 Å². The first-order chi connectivity index (χ1) is 14.3. The van der Waals surface area contributed by atoms with Gasteiger partial charge in [-0.15, -0.1) is 0 Å². The van der Waals surface area contributed by atoms with Gasteiger partial charge in [-0.2, -0.15) is 0 Å². The summed E-state index contributed by atoms with van der Waals surface area (Å²) in [6.07, 6.45) is 3.32. The van der Waals surface area contributed by atoms with E-state index in [4.69, 9.17) is 4.74 Å². The minimum Gasteiger partial charge on any atom is -0.481 e. The van der Waals surface area contributed by atoms with Crippen molar-refractivity contribution < 1.29 is 9.53 Å². The molecule has 2 aromatic carbocycles. The molecule has 1 aliphatic heterocycles.